The SMILES string of the molecule is CCOc1ccc(NC(=O)C[C@@H]2SC(N3N=C(c4ccc(C)cc4)C[C@@H]3c3ccc(F)cc3)=NC2=O)cc1. The summed E-state index contributed by atoms with van der Waals surface area (Å²) in [6.07, 6.45) is 0.554. The molecule has 9 heteroatoms. The normalized spacial score (nSPS) is 18.8. The highest BCUT2D eigenvalue weighted by molar-refractivity contribution is 8.15. The highest BCUT2D eigenvalue weighted by atomic mass is 32.2. The number of amidine groups is 1. The predicted octanol–water partition coefficient (Wildman–Crippen LogP) is 5.71. The van der Waals surface area contributed by atoms with Crippen molar-refractivity contribution in [3.63, 3.8) is 0 Å². The first-order chi connectivity index (χ1) is 18.4. The second kappa shape index (κ2) is 11.2. The van der Waals surface area contributed by atoms with Gasteiger partial charge in [-0.25, -0.2) is 9.40 Å². The van der Waals surface area contributed by atoms with Crippen molar-refractivity contribution < 1.29 is 18.7 Å². The number of hydrogen-bond donors (Lipinski definition) is 1. The first-order valence-electron chi connectivity index (χ1n) is 12.4. The molecule has 3 aromatic carbocycles. The quantitative estimate of drug-likeness (QED) is 0.423. The molecule has 2 heterocycles. The second-order valence-electron chi connectivity index (χ2n) is 9.08. The van der Waals surface area contributed by atoms with E-state index in [1.54, 1.807) is 41.4 Å². The molecule has 0 saturated heterocycles. The van der Waals surface area contributed by atoms with E-state index in [1.165, 1.54) is 23.9 Å². The van der Waals surface area contributed by atoms with Gasteiger partial charge in [-0.15, -0.1) is 0 Å². The largest absolute Gasteiger partial charge is 0.494 e. The molecule has 0 unspecified atom stereocenters. The van der Waals surface area contributed by atoms with Crippen molar-refractivity contribution in [2.75, 3.05) is 11.9 Å². The van der Waals surface area contributed by atoms with Crippen molar-refractivity contribution >= 4 is 40.1 Å². The maximum atomic E-state index is 13.6. The van der Waals surface area contributed by atoms with Crippen LogP contribution in [0.5, 0.6) is 5.75 Å². The van der Waals surface area contributed by atoms with Crippen molar-refractivity contribution in [1.29, 1.82) is 0 Å². The summed E-state index contributed by atoms with van der Waals surface area (Å²) in [6.45, 7) is 4.49. The Balaban J connectivity index is 1.31. The number of benzene rings is 3. The molecule has 0 bridgehead atoms. The van der Waals surface area contributed by atoms with Crippen molar-refractivity contribution in [2.45, 2.75) is 38.0 Å². The van der Waals surface area contributed by atoms with Crippen LogP contribution in [0.2, 0.25) is 0 Å². The van der Waals surface area contributed by atoms with Crippen LogP contribution in [0.1, 0.15) is 42.5 Å². The molecule has 2 aliphatic heterocycles. The standard InChI is InChI=1S/C29H27FN4O3S/c1-3-37-23-14-12-22(13-15-23)31-27(35)17-26-28(36)32-29(38-26)34-25(20-8-10-21(30)11-9-20)16-24(33-34)19-6-4-18(2)5-7-19/h4-15,25-26H,3,16-17H2,1-2H3,(H,31,35)/t25-,26+/m1/s1. The van der Waals surface area contributed by atoms with Gasteiger partial charge in [0, 0.05) is 18.5 Å². The maximum absolute atomic E-state index is 13.6. The molecule has 2 amide bonds. The van der Waals surface area contributed by atoms with Gasteiger partial charge < -0.3 is 10.1 Å². The smallest absolute Gasteiger partial charge is 0.262 e. The molecule has 0 aliphatic carbocycles. The van der Waals surface area contributed by atoms with E-state index in [2.05, 4.69) is 10.3 Å². The fourth-order valence-corrected chi connectivity index (χ4v) is 5.40. The summed E-state index contributed by atoms with van der Waals surface area (Å²) in [5.74, 6) is -0.253. The number of amides is 2. The van der Waals surface area contributed by atoms with E-state index in [-0.39, 0.29) is 30.1 Å². The zero-order chi connectivity index (χ0) is 26.6. The van der Waals surface area contributed by atoms with Gasteiger partial charge in [0.2, 0.25) is 5.91 Å². The fraction of sp³-hybridized carbons (Fsp3) is 0.241. The molecule has 2 aliphatic rings. The molecule has 0 aromatic heterocycles. The molecule has 0 radical (unpaired) electrons. The number of hydrogen-bond acceptors (Lipinski definition) is 6. The molecule has 38 heavy (non-hydrogen) atoms. The number of anilines is 1. The van der Waals surface area contributed by atoms with Crippen molar-refractivity contribution in [3.8, 4) is 5.75 Å². The number of aryl methyl sites for hydroxylation is 1. The lowest BCUT2D eigenvalue weighted by atomic mass is 9.98. The Morgan fingerprint density at radius 2 is 1.79 bits per heavy atom. The van der Waals surface area contributed by atoms with Crippen LogP contribution in [0.4, 0.5) is 10.1 Å². The van der Waals surface area contributed by atoms with Gasteiger partial charge in [0.1, 0.15) is 16.8 Å². The highest BCUT2D eigenvalue weighted by Crippen LogP contribution is 2.38. The topological polar surface area (TPSA) is 83.4 Å². The third kappa shape index (κ3) is 5.78. The van der Waals surface area contributed by atoms with E-state index >= 15 is 0 Å². The minimum Gasteiger partial charge on any atom is -0.494 e. The van der Waals surface area contributed by atoms with Crippen LogP contribution in [0.3, 0.4) is 0 Å². The number of rotatable bonds is 7. The molecule has 0 saturated carbocycles. The van der Waals surface area contributed by atoms with Crippen LogP contribution in [0.25, 0.3) is 0 Å². The molecule has 7 nitrogen and oxygen atoms in total. The van der Waals surface area contributed by atoms with Crippen LogP contribution in [0.15, 0.2) is 82.9 Å². The third-order valence-corrected chi connectivity index (χ3v) is 7.44. The second-order valence-corrected chi connectivity index (χ2v) is 10.2. The minimum atomic E-state index is -0.653. The van der Waals surface area contributed by atoms with Crippen LogP contribution < -0.4 is 10.1 Å². The van der Waals surface area contributed by atoms with Gasteiger partial charge in [-0.05, 0) is 61.4 Å². The third-order valence-electron chi connectivity index (χ3n) is 6.29. The maximum Gasteiger partial charge on any atom is 0.262 e. The monoisotopic (exact) mass is 530 g/mol. The Labute approximate surface area is 224 Å². The molecule has 5 rings (SSSR count). The van der Waals surface area contributed by atoms with Crippen LogP contribution in [0, 0.1) is 12.7 Å². The van der Waals surface area contributed by atoms with Crippen LogP contribution >= 0.6 is 11.8 Å². The summed E-state index contributed by atoms with van der Waals surface area (Å²) in [6, 6.07) is 21.2. The van der Waals surface area contributed by atoms with E-state index in [9.17, 15) is 14.0 Å². The summed E-state index contributed by atoms with van der Waals surface area (Å²) < 4.78 is 19.1. The molecular weight excluding hydrogens is 503 g/mol. The molecule has 3 aromatic rings. The van der Waals surface area contributed by atoms with Gasteiger partial charge in [-0.3, -0.25) is 9.59 Å². The van der Waals surface area contributed by atoms with Gasteiger partial charge in [-0.1, -0.05) is 53.7 Å². The molecule has 2 atom stereocenters. The highest BCUT2D eigenvalue weighted by Gasteiger charge is 2.39. The Bertz CT molecular complexity index is 1390. The van der Waals surface area contributed by atoms with Gasteiger partial charge in [0.15, 0.2) is 5.17 Å². The molecule has 0 spiro atoms. The first-order valence-corrected chi connectivity index (χ1v) is 13.3. The van der Waals surface area contributed by atoms with Crippen molar-refractivity contribution in [3.05, 3.63) is 95.3 Å². The van der Waals surface area contributed by atoms with E-state index in [0.717, 1.165) is 28.2 Å². The number of carbonyl (C=O) groups is 2. The zero-order valence-corrected chi connectivity index (χ0v) is 21.9. The van der Waals surface area contributed by atoms with Gasteiger partial charge in [-0.2, -0.15) is 10.1 Å². The predicted molar refractivity (Wildman–Crippen MR) is 148 cm³/mol. The average Bonchev–Trinajstić information content (AvgIpc) is 3.50. The minimum absolute atomic E-state index is 0.0205. The Morgan fingerprint density at radius 1 is 1.08 bits per heavy atom. The number of ether oxygens (including phenoxy) is 1. The first kappa shape index (κ1) is 25.7. The molecule has 0 fully saturated rings. The van der Waals surface area contributed by atoms with Gasteiger partial charge >= 0.3 is 0 Å². The number of nitrogens with one attached hydrogen (secondary N) is 1. The summed E-state index contributed by atoms with van der Waals surface area (Å²) in [5, 5.41) is 9.17. The Hall–Kier alpha value is -3.98. The molecular formula is C29H27FN4O3S. The van der Waals surface area contributed by atoms with E-state index < -0.39 is 5.25 Å². The number of hydrazone groups is 1. The fourth-order valence-electron chi connectivity index (χ4n) is 4.34. The molecule has 194 valence electrons. The summed E-state index contributed by atoms with van der Waals surface area (Å²) in [7, 11) is 0. The van der Waals surface area contributed by atoms with Crippen LogP contribution in [-0.4, -0.2) is 39.6 Å². The number of aliphatic imine (C=N–C) groups is 1. The number of thioether (sulfide) groups is 1. The van der Waals surface area contributed by atoms with E-state index in [1.807, 2.05) is 38.1 Å². The van der Waals surface area contributed by atoms with Crippen LogP contribution in [-0.2, 0) is 9.59 Å². The van der Waals surface area contributed by atoms with E-state index in [4.69, 9.17) is 9.84 Å². The number of nitrogens with zero attached hydrogens (tertiary/aromatic N) is 3. The average molecular weight is 531 g/mol. The van der Waals surface area contributed by atoms with E-state index in [0.29, 0.717) is 23.9 Å². The van der Waals surface area contributed by atoms with Crippen molar-refractivity contribution in [2.24, 2.45) is 10.1 Å². The Morgan fingerprint density at radius 3 is 2.47 bits per heavy atom. The number of halogens is 1. The van der Waals surface area contributed by atoms with Crippen molar-refractivity contribution in [1.82, 2.24) is 5.01 Å². The lowest BCUT2D eigenvalue weighted by Gasteiger charge is -2.23. The van der Waals surface area contributed by atoms with Gasteiger partial charge in [0.05, 0.1) is 18.4 Å². The van der Waals surface area contributed by atoms with Gasteiger partial charge in [0.25, 0.3) is 5.91 Å². The lowest BCUT2D eigenvalue weighted by molar-refractivity contribution is -0.121. The summed E-state index contributed by atoms with van der Waals surface area (Å²) >= 11 is 1.23. The Kier molecular flexibility index (Phi) is 7.55. The summed E-state index contributed by atoms with van der Waals surface area (Å²) in [5.41, 5.74) is 4.47. The summed E-state index contributed by atoms with van der Waals surface area (Å²) in [4.78, 5) is 29.8. The zero-order valence-electron chi connectivity index (χ0n) is 21.1. The lowest BCUT2D eigenvalue weighted by Crippen LogP contribution is -2.25. The molecule has 1 N–H and O–H groups in total. The number of carbonyl (C=O) groups excluding carboxylic acids is 2.